The summed E-state index contributed by atoms with van der Waals surface area (Å²) < 4.78 is 30.0. The summed E-state index contributed by atoms with van der Waals surface area (Å²) in [4.78, 5) is 0.426. The highest BCUT2D eigenvalue weighted by Crippen LogP contribution is 2.39. The first kappa shape index (κ1) is 18.2. The van der Waals surface area contributed by atoms with Gasteiger partial charge in [-0.2, -0.15) is 4.31 Å². The number of sulfonamides is 1. The molecule has 1 heterocycles. The van der Waals surface area contributed by atoms with E-state index in [1.165, 1.54) is 11.1 Å². The summed E-state index contributed by atoms with van der Waals surface area (Å²) in [6.45, 7) is 3.05. The molecule has 1 aliphatic carbocycles. The van der Waals surface area contributed by atoms with Gasteiger partial charge in [-0.3, -0.25) is 0 Å². The molecular weight excluding hydrogens is 412 g/mol. The van der Waals surface area contributed by atoms with E-state index in [1.807, 2.05) is 18.2 Å². The molecule has 138 valence electrons. The lowest BCUT2D eigenvalue weighted by molar-refractivity contribution is -0.888. The molecule has 26 heavy (non-hydrogen) atoms. The van der Waals surface area contributed by atoms with E-state index in [9.17, 15) is 8.42 Å². The van der Waals surface area contributed by atoms with Gasteiger partial charge in [-0.1, -0.05) is 28.1 Å². The molecule has 0 spiro atoms. The van der Waals surface area contributed by atoms with Crippen LogP contribution in [0.15, 0.2) is 45.8 Å². The minimum Gasteiger partial charge on any atom is -0.327 e. The molecule has 0 saturated carbocycles. The van der Waals surface area contributed by atoms with Crippen LogP contribution in [-0.4, -0.2) is 57.5 Å². The average Bonchev–Trinajstić information content (AvgIpc) is 2.82. The zero-order chi connectivity index (χ0) is 18.5. The van der Waals surface area contributed by atoms with Crippen molar-refractivity contribution in [2.75, 3.05) is 40.3 Å². The van der Waals surface area contributed by atoms with Crippen molar-refractivity contribution in [2.45, 2.75) is 17.7 Å². The fourth-order valence-electron chi connectivity index (χ4n) is 3.99. The number of benzene rings is 2. The molecule has 6 heteroatoms. The van der Waals surface area contributed by atoms with Gasteiger partial charge < -0.3 is 4.48 Å². The fourth-order valence-corrected chi connectivity index (χ4v) is 5.92. The summed E-state index contributed by atoms with van der Waals surface area (Å²) in [5.74, 6) is 0. The van der Waals surface area contributed by atoms with Gasteiger partial charge in [0.15, 0.2) is 0 Å². The maximum Gasteiger partial charge on any atom is 0.243 e. The number of quaternary nitrogens is 1. The van der Waals surface area contributed by atoms with Crippen molar-refractivity contribution in [2.24, 2.45) is 0 Å². The van der Waals surface area contributed by atoms with Gasteiger partial charge in [0, 0.05) is 17.4 Å². The Kier molecular flexibility index (Phi) is 4.50. The van der Waals surface area contributed by atoms with Crippen molar-refractivity contribution >= 4 is 26.0 Å². The number of likely N-dealkylation sites (N-methyl/N-ethyl adjacent to an activating group) is 1. The van der Waals surface area contributed by atoms with Gasteiger partial charge in [0.25, 0.3) is 0 Å². The standard InChI is InChI=1S/C20H24BrN2O2S/c1-23(2)10-3-8-22(9-11-23)26(24,25)18-5-7-20-16(14-18)12-15-13-17(21)4-6-19(15)20/h4-7,13-14H,3,8-12H2,1-2H3/q+1. The Morgan fingerprint density at radius 2 is 1.65 bits per heavy atom. The van der Waals surface area contributed by atoms with Crippen LogP contribution in [0.3, 0.4) is 0 Å². The molecular formula is C20H24BrN2O2S+. The van der Waals surface area contributed by atoms with E-state index >= 15 is 0 Å². The van der Waals surface area contributed by atoms with Crippen molar-refractivity contribution < 1.29 is 12.9 Å². The molecule has 0 atom stereocenters. The maximum absolute atomic E-state index is 13.2. The minimum atomic E-state index is -3.44. The fraction of sp³-hybridized carbons (Fsp3) is 0.400. The second kappa shape index (κ2) is 6.44. The quantitative estimate of drug-likeness (QED) is 0.577. The van der Waals surface area contributed by atoms with Crippen molar-refractivity contribution in [3.63, 3.8) is 0 Å². The summed E-state index contributed by atoms with van der Waals surface area (Å²) in [6.07, 6.45) is 1.69. The summed E-state index contributed by atoms with van der Waals surface area (Å²) in [5.41, 5.74) is 4.71. The van der Waals surface area contributed by atoms with E-state index in [4.69, 9.17) is 0 Å². The van der Waals surface area contributed by atoms with Gasteiger partial charge in [0.2, 0.25) is 10.0 Å². The minimum absolute atomic E-state index is 0.426. The SMILES string of the molecule is C[N+]1(C)CCCN(S(=O)(=O)c2ccc3c(c2)Cc2cc(Br)ccc2-3)CC1. The van der Waals surface area contributed by atoms with Crippen LogP contribution in [0, 0.1) is 0 Å². The zero-order valence-corrected chi connectivity index (χ0v) is 17.6. The van der Waals surface area contributed by atoms with Gasteiger partial charge in [-0.15, -0.1) is 0 Å². The first-order valence-electron chi connectivity index (χ1n) is 9.00. The van der Waals surface area contributed by atoms with Crippen LogP contribution in [0.4, 0.5) is 0 Å². The summed E-state index contributed by atoms with van der Waals surface area (Å²) in [6, 6.07) is 11.9. The number of rotatable bonds is 2. The van der Waals surface area contributed by atoms with Crippen molar-refractivity contribution in [1.29, 1.82) is 0 Å². The Bertz CT molecular complexity index is 970. The van der Waals surface area contributed by atoms with Crippen LogP contribution >= 0.6 is 15.9 Å². The van der Waals surface area contributed by atoms with Gasteiger partial charge in [0.05, 0.1) is 38.6 Å². The predicted molar refractivity (Wildman–Crippen MR) is 108 cm³/mol. The topological polar surface area (TPSA) is 37.4 Å². The van der Waals surface area contributed by atoms with Crippen LogP contribution < -0.4 is 0 Å². The summed E-state index contributed by atoms with van der Waals surface area (Å²) >= 11 is 3.52. The third kappa shape index (κ3) is 3.24. The molecule has 2 aliphatic rings. The van der Waals surface area contributed by atoms with Crippen LogP contribution in [0.5, 0.6) is 0 Å². The third-order valence-corrected chi connectivity index (χ3v) is 7.97. The molecule has 1 aliphatic heterocycles. The molecule has 1 saturated heterocycles. The van der Waals surface area contributed by atoms with Crippen molar-refractivity contribution in [1.82, 2.24) is 4.31 Å². The Hall–Kier alpha value is -1.21. The Morgan fingerprint density at radius 1 is 0.962 bits per heavy atom. The van der Waals surface area contributed by atoms with E-state index < -0.39 is 10.0 Å². The Balaban J connectivity index is 1.65. The van der Waals surface area contributed by atoms with Crippen LogP contribution in [0.2, 0.25) is 0 Å². The molecule has 0 aromatic heterocycles. The molecule has 2 aromatic rings. The van der Waals surface area contributed by atoms with E-state index in [-0.39, 0.29) is 0 Å². The number of hydrogen-bond acceptors (Lipinski definition) is 2. The normalized spacial score (nSPS) is 19.7. The molecule has 0 bridgehead atoms. The first-order chi connectivity index (χ1) is 12.3. The zero-order valence-electron chi connectivity index (χ0n) is 15.2. The third-order valence-electron chi connectivity index (χ3n) is 5.58. The predicted octanol–water partition coefficient (Wildman–Crippen LogP) is 3.49. The van der Waals surface area contributed by atoms with Crippen LogP contribution in [0.25, 0.3) is 11.1 Å². The lowest BCUT2D eigenvalue weighted by Crippen LogP contribution is -2.43. The van der Waals surface area contributed by atoms with Gasteiger partial charge in [-0.25, -0.2) is 8.42 Å². The molecule has 0 N–H and O–H groups in total. The second-order valence-corrected chi connectivity index (χ2v) is 10.8. The molecule has 0 unspecified atom stereocenters. The summed E-state index contributed by atoms with van der Waals surface area (Å²) in [7, 11) is 0.897. The largest absolute Gasteiger partial charge is 0.327 e. The summed E-state index contributed by atoms with van der Waals surface area (Å²) in [5, 5.41) is 0. The average molecular weight is 436 g/mol. The molecule has 0 amide bonds. The monoisotopic (exact) mass is 435 g/mol. The van der Waals surface area contributed by atoms with Gasteiger partial charge in [0.1, 0.15) is 0 Å². The molecule has 4 nitrogen and oxygen atoms in total. The van der Waals surface area contributed by atoms with E-state index in [0.717, 1.165) is 46.0 Å². The molecule has 0 radical (unpaired) electrons. The second-order valence-electron chi connectivity index (χ2n) is 7.94. The number of nitrogens with zero attached hydrogens (tertiary/aromatic N) is 2. The molecule has 1 fully saturated rings. The number of fused-ring (bicyclic) bond motifs is 3. The van der Waals surface area contributed by atoms with E-state index in [2.05, 4.69) is 42.2 Å². The highest BCUT2D eigenvalue weighted by atomic mass is 79.9. The lowest BCUT2D eigenvalue weighted by atomic mass is 10.1. The van der Waals surface area contributed by atoms with E-state index in [1.54, 1.807) is 10.4 Å². The molecule has 4 rings (SSSR count). The van der Waals surface area contributed by atoms with Crippen molar-refractivity contribution in [3.8, 4) is 11.1 Å². The van der Waals surface area contributed by atoms with Crippen LogP contribution in [0.1, 0.15) is 17.5 Å². The highest BCUT2D eigenvalue weighted by molar-refractivity contribution is 9.10. The number of hydrogen-bond donors (Lipinski definition) is 0. The lowest BCUT2D eigenvalue weighted by Gasteiger charge is -2.27. The highest BCUT2D eigenvalue weighted by Gasteiger charge is 2.31. The first-order valence-corrected chi connectivity index (χ1v) is 11.2. The maximum atomic E-state index is 13.2. The van der Waals surface area contributed by atoms with Crippen molar-refractivity contribution in [3.05, 3.63) is 52.0 Å². The van der Waals surface area contributed by atoms with Gasteiger partial charge in [-0.05, 0) is 52.9 Å². The smallest absolute Gasteiger partial charge is 0.243 e. The van der Waals surface area contributed by atoms with Gasteiger partial charge >= 0.3 is 0 Å². The van der Waals surface area contributed by atoms with E-state index in [0.29, 0.717) is 18.0 Å². The Morgan fingerprint density at radius 3 is 2.42 bits per heavy atom. The molecule has 2 aromatic carbocycles. The Labute approximate surface area is 164 Å². The number of halogens is 1. The van der Waals surface area contributed by atoms with Crippen LogP contribution in [-0.2, 0) is 16.4 Å².